The molecule has 0 N–H and O–H groups in total. The van der Waals surface area contributed by atoms with Crippen molar-refractivity contribution in [3.05, 3.63) is 48.6 Å². The lowest BCUT2D eigenvalue weighted by atomic mass is 9.78. The van der Waals surface area contributed by atoms with E-state index in [1.807, 2.05) is 23.9 Å². The van der Waals surface area contributed by atoms with Crippen molar-refractivity contribution in [1.82, 2.24) is 18.4 Å². The number of hydrogen-bond donors (Lipinski definition) is 0. The highest BCUT2D eigenvalue weighted by Crippen LogP contribution is 2.49. The summed E-state index contributed by atoms with van der Waals surface area (Å²) < 4.78 is 28.0. The van der Waals surface area contributed by atoms with Gasteiger partial charge in [0.2, 0.25) is 0 Å². The molecule has 0 spiro atoms. The quantitative estimate of drug-likeness (QED) is 0.0711. The van der Waals surface area contributed by atoms with E-state index in [0.717, 1.165) is 63.1 Å². The maximum atomic E-state index is 12.1. The smallest absolute Gasteiger partial charge is 0.333 e. The van der Waals surface area contributed by atoms with Gasteiger partial charge in [-0.05, 0) is 138 Å². The van der Waals surface area contributed by atoms with Crippen molar-refractivity contribution >= 4 is 47.8 Å². The molecular weight excluding hydrogens is 921 g/mol. The van der Waals surface area contributed by atoms with Crippen LogP contribution in [0.5, 0.6) is 0 Å². The van der Waals surface area contributed by atoms with Crippen molar-refractivity contribution in [2.24, 2.45) is 0 Å². The normalized spacial score (nSPS) is 24.2. The van der Waals surface area contributed by atoms with Gasteiger partial charge >= 0.3 is 23.9 Å². The van der Waals surface area contributed by atoms with Crippen LogP contribution < -0.4 is 0 Å². The summed E-state index contributed by atoms with van der Waals surface area (Å²) in [6, 6.07) is 0. The van der Waals surface area contributed by atoms with E-state index in [-0.39, 0.29) is 107 Å². The fourth-order valence-electron chi connectivity index (χ4n) is 11.8. The number of ether oxygens (including phenoxy) is 4. The van der Waals surface area contributed by atoms with Gasteiger partial charge in [-0.15, -0.1) is 0 Å². The van der Waals surface area contributed by atoms with Crippen LogP contribution in [0, 0.1) is 0 Å². The maximum absolute atomic E-state index is 12.1. The van der Waals surface area contributed by atoms with Crippen LogP contribution in [-0.2, 0) is 38.1 Å². The molecule has 0 saturated carbocycles. The number of esters is 4. The first-order valence-corrected chi connectivity index (χ1v) is 26.3. The summed E-state index contributed by atoms with van der Waals surface area (Å²) in [6.07, 6.45) is 5.71. The molecule has 0 aromatic heterocycles. The van der Waals surface area contributed by atoms with Gasteiger partial charge in [-0.1, -0.05) is 65.1 Å². The number of likely N-dealkylation sites (tertiary alicyclic amines) is 2. The molecule has 4 fully saturated rings. The molecule has 0 radical (unpaired) electrons. The third-order valence-corrected chi connectivity index (χ3v) is 17.3. The summed E-state index contributed by atoms with van der Waals surface area (Å²) in [4.78, 5) is 53.6. The Morgan fingerprint density at radius 3 is 0.686 bits per heavy atom. The standard InChI is InChI=1S/2C27H46N2O4S.2CH4/c2*1-18(2)22(30)32-20-13-24(5,6)28(25(7,8)14-20)17-34-29-26(9,10)15-21(16-27(29,11)12)33-23(31)19(3)4;;/h2*20-21H,1,3,13-17H2,2,4-12H3;2*1H4. The summed E-state index contributed by atoms with van der Waals surface area (Å²) in [5, 5.41) is 0. The third-order valence-electron chi connectivity index (χ3n) is 14.1. The zero-order valence-electron chi connectivity index (χ0n) is 46.1. The number of nitrogens with zero attached hydrogens (tertiary/aromatic N) is 4. The molecule has 4 aliphatic rings. The minimum absolute atomic E-state index is 0. The number of piperidine rings is 4. The lowest BCUT2D eigenvalue weighted by Crippen LogP contribution is -2.64. The Bertz CT molecular complexity index is 1590. The highest BCUT2D eigenvalue weighted by Gasteiger charge is 2.52. The predicted octanol–water partition coefficient (Wildman–Crippen LogP) is 13.0. The van der Waals surface area contributed by atoms with E-state index in [9.17, 15) is 19.2 Å². The van der Waals surface area contributed by atoms with Gasteiger partial charge in [0.25, 0.3) is 0 Å². The zero-order chi connectivity index (χ0) is 52.6. The molecule has 0 atom stereocenters. The van der Waals surface area contributed by atoms with E-state index in [2.05, 4.69) is 156 Å². The SMILES string of the molecule is C.C.C=C(C)C(=O)OC1CC(C)(C)N(CSN2C(C)(C)CC(OC(=O)C(=C)C)CC2(C)C)C(C)(C)C1.C=C(C)C(=O)OC1CC(C)(C)N(CSN2C(C)(C)CC(OC(=O)C(=C)C)CC2(C)C)C(C)(C)C1. The Hall–Kier alpha value is -2.62. The first-order chi connectivity index (χ1) is 30.6. The van der Waals surface area contributed by atoms with Crippen LogP contribution in [0.25, 0.3) is 0 Å². The fourth-order valence-corrected chi connectivity index (χ4v) is 15.3. The average molecular weight is 1020 g/mol. The van der Waals surface area contributed by atoms with Gasteiger partial charge < -0.3 is 18.9 Å². The van der Waals surface area contributed by atoms with E-state index >= 15 is 0 Å². The van der Waals surface area contributed by atoms with Crippen LogP contribution in [0.3, 0.4) is 0 Å². The number of hydrogen-bond acceptors (Lipinski definition) is 14. The number of carbonyl (C=O) groups excluding carboxylic acids is 4. The van der Waals surface area contributed by atoms with E-state index in [0.29, 0.717) is 22.3 Å². The Morgan fingerprint density at radius 1 is 0.371 bits per heavy atom. The van der Waals surface area contributed by atoms with E-state index in [1.165, 1.54) is 0 Å². The second-order valence-corrected chi connectivity index (χ2v) is 27.1. The Balaban J connectivity index is 0.000000681. The van der Waals surface area contributed by atoms with Gasteiger partial charge in [0.15, 0.2) is 0 Å². The van der Waals surface area contributed by atoms with Crippen molar-refractivity contribution in [2.45, 2.75) is 273 Å². The van der Waals surface area contributed by atoms with Gasteiger partial charge in [-0.2, -0.15) is 0 Å². The molecule has 0 unspecified atom stereocenters. The lowest BCUT2D eigenvalue weighted by molar-refractivity contribution is -0.155. The first kappa shape index (κ1) is 65.4. The van der Waals surface area contributed by atoms with E-state index in [4.69, 9.17) is 18.9 Å². The summed E-state index contributed by atoms with van der Waals surface area (Å²) in [6.45, 7) is 57.3. The van der Waals surface area contributed by atoms with Gasteiger partial charge in [-0.25, -0.2) is 27.8 Å². The molecule has 14 heteroatoms. The second-order valence-electron chi connectivity index (χ2n) is 25.3. The molecular formula is C56H100N4O8S2. The zero-order valence-corrected chi connectivity index (χ0v) is 47.7. The van der Waals surface area contributed by atoms with Crippen molar-refractivity contribution in [1.29, 1.82) is 0 Å². The summed E-state index contributed by atoms with van der Waals surface area (Å²) in [5.74, 6) is 0.415. The van der Waals surface area contributed by atoms with Crippen LogP contribution in [0.2, 0.25) is 0 Å². The molecule has 404 valence electrons. The monoisotopic (exact) mass is 1020 g/mol. The van der Waals surface area contributed by atoms with Crippen LogP contribution in [0.4, 0.5) is 0 Å². The predicted molar refractivity (Wildman–Crippen MR) is 294 cm³/mol. The number of rotatable bonds is 14. The molecule has 0 bridgehead atoms. The summed E-state index contributed by atoms with van der Waals surface area (Å²) >= 11 is 3.70. The summed E-state index contributed by atoms with van der Waals surface area (Å²) in [5.41, 5.74) is 0.570. The largest absolute Gasteiger partial charge is 0.459 e. The Labute approximate surface area is 436 Å². The molecule has 0 aliphatic carbocycles. The molecule has 4 rings (SSSR count). The van der Waals surface area contributed by atoms with E-state index in [1.54, 1.807) is 27.7 Å². The fraction of sp³-hybridized carbons (Fsp3) is 0.786. The maximum Gasteiger partial charge on any atom is 0.333 e. The molecule has 4 heterocycles. The second kappa shape index (κ2) is 23.7. The van der Waals surface area contributed by atoms with Crippen LogP contribution in [0.1, 0.15) is 205 Å². The van der Waals surface area contributed by atoms with Gasteiger partial charge in [-0.3, -0.25) is 9.80 Å². The molecule has 4 aliphatic heterocycles. The minimum Gasteiger partial charge on any atom is -0.459 e. The van der Waals surface area contributed by atoms with Crippen molar-refractivity contribution in [3.63, 3.8) is 0 Å². The topological polar surface area (TPSA) is 118 Å². The summed E-state index contributed by atoms with van der Waals surface area (Å²) in [7, 11) is 0. The van der Waals surface area contributed by atoms with Crippen molar-refractivity contribution < 1.29 is 38.1 Å². The molecule has 0 aromatic rings. The molecule has 0 amide bonds. The third kappa shape index (κ3) is 16.7. The first-order valence-electron chi connectivity index (χ1n) is 24.4. The Kier molecular flexibility index (Phi) is 22.2. The number of carbonyl (C=O) groups is 4. The van der Waals surface area contributed by atoms with Gasteiger partial charge in [0.05, 0.1) is 11.8 Å². The average Bonchev–Trinajstić information content (AvgIpc) is 3.10. The van der Waals surface area contributed by atoms with Crippen LogP contribution in [-0.4, -0.2) is 123 Å². The van der Waals surface area contributed by atoms with Gasteiger partial charge in [0.1, 0.15) is 24.4 Å². The minimum atomic E-state index is -0.309. The van der Waals surface area contributed by atoms with E-state index < -0.39 is 0 Å². The Morgan fingerprint density at radius 2 is 0.529 bits per heavy atom. The molecule has 12 nitrogen and oxygen atoms in total. The van der Waals surface area contributed by atoms with Crippen LogP contribution in [0.15, 0.2) is 48.6 Å². The molecule has 0 aromatic carbocycles. The highest BCUT2D eigenvalue weighted by atomic mass is 32.2. The van der Waals surface area contributed by atoms with Crippen molar-refractivity contribution in [3.8, 4) is 0 Å². The highest BCUT2D eigenvalue weighted by molar-refractivity contribution is 7.97. The van der Waals surface area contributed by atoms with Crippen molar-refractivity contribution in [2.75, 3.05) is 11.8 Å². The molecule has 70 heavy (non-hydrogen) atoms. The molecule has 4 saturated heterocycles. The lowest BCUT2D eigenvalue weighted by Gasteiger charge is -2.57. The van der Waals surface area contributed by atoms with Gasteiger partial charge in [0, 0.05) is 118 Å². The van der Waals surface area contributed by atoms with Crippen LogP contribution >= 0.6 is 23.9 Å².